The average Bonchev–Trinajstić information content (AvgIpc) is 2.73. The number of carbonyl (C=O) groups excluding carboxylic acids is 2. The molecule has 0 aliphatic carbocycles. The highest BCUT2D eigenvalue weighted by molar-refractivity contribution is 9.10. The van der Waals surface area contributed by atoms with E-state index in [-0.39, 0.29) is 12.1 Å². The molecule has 2 amide bonds. The molecule has 0 aliphatic rings. The number of nitrogens with zero attached hydrogens (tertiary/aromatic N) is 2. The minimum Gasteiger partial charge on any atom is -0.354 e. The SMILES string of the molecule is CCCNC(=O)[C@H](C)N(Cc1ccccc1F)C(=O)CN(c1cccc(Br)c1)S(C)(=O)=O. The summed E-state index contributed by atoms with van der Waals surface area (Å²) in [5, 5.41) is 2.73. The first-order valence-corrected chi connectivity index (χ1v) is 12.7. The van der Waals surface area contributed by atoms with Gasteiger partial charge < -0.3 is 10.2 Å². The Hall–Kier alpha value is -2.46. The maximum absolute atomic E-state index is 14.3. The molecular formula is C22H27BrFN3O4S. The quantitative estimate of drug-likeness (QED) is 0.513. The fourth-order valence-electron chi connectivity index (χ4n) is 3.03. The molecule has 1 N–H and O–H groups in total. The summed E-state index contributed by atoms with van der Waals surface area (Å²) in [5.74, 6) is -1.54. The second kappa shape index (κ2) is 11.4. The molecule has 0 radical (unpaired) electrons. The lowest BCUT2D eigenvalue weighted by atomic mass is 10.1. The van der Waals surface area contributed by atoms with E-state index in [1.165, 1.54) is 30.0 Å². The van der Waals surface area contributed by atoms with Crippen molar-refractivity contribution < 1.29 is 22.4 Å². The van der Waals surface area contributed by atoms with Crippen molar-refractivity contribution >= 4 is 43.5 Å². The van der Waals surface area contributed by atoms with Crippen LogP contribution in [-0.2, 0) is 26.2 Å². The van der Waals surface area contributed by atoms with Crippen LogP contribution < -0.4 is 9.62 Å². The highest BCUT2D eigenvalue weighted by atomic mass is 79.9. The third-order valence-corrected chi connectivity index (χ3v) is 6.42. The van der Waals surface area contributed by atoms with E-state index in [4.69, 9.17) is 0 Å². The number of anilines is 1. The third kappa shape index (κ3) is 7.03. The Bertz CT molecular complexity index is 1060. The van der Waals surface area contributed by atoms with Crippen molar-refractivity contribution in [2.75, 3.05) is 23.7 Å². The van der Waals surface area contributed by atoms with Crippen LogP contribution in [0.4, 0.5) is 10.1 Å². The molecule has 2 aromatic rings. The number of sulfonamides is 1. The van der Waals surface area contributed by atoms with Crippen molar-refractivity contribution in [2.24, 2.45) is 0 Å². The van der Waals surface area contributed by atoms with Gasteiger partial charge in [-0.15, -0.1) is 0 Å². The Morgan fingerprint density at radius 3 is 2.44 bits per heavy atom. The summed E-state index contributed by atoms with van der Waals surface area (Å²) in [7, 11) is -3.81. The number of halogens is 2. The van der Waals surface area contributed by atoms with Crippen molar-refractivity contribution in [3.05, 3.63) is 64.4 Å². The Morgan fingerprint density at radius 2 is 1.84 bits per heavy atom. The van der Waals surface area contributed by atoms with Gasteiger partial charge >= 0.3 is 0 Å². The Labute approximate surface area is 196 Å². The molecule has 7 nitrogen and oxygen atoms in total. The minimum absolute atomic E-state index is 0.178. The van der Waals surface area contributed by atoms with E-state index in [2.05, 4.69) is 21.2 Å². The van der Waals surface area contributed by atoms with Crippen LogP contribution in [0.3, 0.4) is 0 Å². The van der Waals surface area contributed by atoms with Gasteiger partial charge in [-0.25, -0.2) is 12.8 Å². The van der Waals surface area contributed by atoms with Crippen molar-refractivity contribution in [1.29, 1.82) is 0 Å². The van der Waals surface area contributed by atoms with E-state index in [9.17, 15) is 22.4 Å². The van der Waals surface area contributed by atoms with Gasteiger partial charge in [0, 0.05) is 23.1 Å². The number of amides is 2. The topological polar surface area (TPSA) is 86.8 Å². The van der Waals surface area contributed by atoms with E-state index in [0.717, 1.165) is 10.6 Å². The van der Waals surface area contributed by atoms with E-state index in [1.807, 2.05) is 6.92 Å². The van der Waals surface area contributed by atoms with Gasteiger partial charge in [0.15, 0.2) is 0 Å². The zero-order chi connectivity index (χ0) is 23.9. The second-order valence-corrected chi connectivity index (χ2v) is 10.2. The first-order valence-electron chi connectivity index (χ1n) is 10.1. The number of carbonyl (C=O) groups is 2. The summed E-state index contributed by atoms with van der Waals surface area (Å²) in [4.78, 5) is 27.1. The Kier molecular flexibility index (Phi) is 9.21. The van der Waals surface area contributed by atoms with E-state index >= 15 is 0 Å². The lowest BCUT2D eigenvalue weighted by Crippen LogP contribution is -2.51. The van der Waals surface area contributed by atoms with Gasteiger partial charge in [-0.1, -0.05) is 47.1 Å². The van der Waals surface area contributed by atoms with Gasteiger partial charge in [-0.2, -0.15) is 0 Å². The molecule has 0 bridgehead atoms. The number of benzene rings is 2. The molecule has 0 saturated carbocycles. The van der Waals surface area contributed by atoms with Gasteiger partial charge in [-0.05, 0) is 37.6 Å². The molecular weight excluding hydrogens is 501 g/mol. The molecule has 0 unspecified atom stereocenters. The van der Waals surface area contributed by atoms with Gasteiger partial charge in [0.25, 0.3) is 0 Å². The lowest BCUT2D eigenvalue weighted by molar-refractivity contribution is -0.139. The predicted molar refractivity (Wildman–Crippen MR) is 126 cm³/mol. The van der Waals surface area contributed by atoms with Crippen LogP contribution in [0, 0.1) is 5.82 Å². The number of hydrogen-bond acceptors (Lipinski definition) is 4. The monoisotopic (exact) mass is 527 g/mol. The normalized spacial score (nSPS) is 12.2. The molecule has 2 rings (SSSR count). The molecule has 0 aliphatic heterocycles. The first-order chi connectivity index (χ1) is 15.0. The molecule has 0 fully saturated rings. The summed E-state index contributed by atoms with van der Waals surface area (Å²) in [6.07, 6.45) is 1.71. The summed E-state index contributed by atoms with van der Waals surface area (Å²) in [5.41, 5.74) is 0.522. The van der Waals surface area contributed by atoms with Crippen LogP contribution in [0.25, 0.3) is 0 Å². The van der Waals surface area contributed by atoms with Gasteiger partial charge in [0.1, 0.15) is 18.4 Å². The minimum atomic E-state index is -3.81. The van der Waals surface area contributed by atoms with Crippen molar-refractivity contribution in [3.63, 3.8) is 0 Å². The predicted octanol–water partition coefficient (Wildman–Crippen LogP) is 3.30. The molecule has 2 aromatic carbocycles. The van der Waals surface area contributed by atoms with Crippen LogP contribution in [-0.4, -0.2) is 50.5 Å². The first kappa shape index (κ1) is 25.8. The van der Waals surface area contributed by atoms with Gasteiger partial charge in [0.05, 0.1) is 11.9 Å². The summed E-state index contributed by atoms with van der Waals surface area (Å²) in [6.45, 7) is 3.15. The van der Waals surface area contributed by atoms with Crippen molar-refractivity contribution in [2.45, 2.75) is 32.9 Å². The zero-order valence-electron chi connectivity index (χ0n) is 18.2. The lowest BCUT2D eigenvalue weighted by Gasteiger charge is -2.31. The van der Waals surface area contributed by atoms with E-state index < -0.39 is 40.2 Å². The Morgan fingerprint density at radius 1 is 1.16 bits per heavy atom. The fourth-order valence-corrected chi connectivity index (χ4v) is 4.26. The average molecular weight is 528 g/mol. The van der Waals surface area contributed by atoms with Crippen LogP contribution in [0.15, 0.2) is 53.0 Å². The van der Waals surface area contributed by atoms with E-state index in [0.29, 0.717) is 23.1 Å². The summed E-state index contributed by atoms with van der Waals surface area (Å²) in [6, 6.07) is 11.5. The summed E-state index contributed by atoms with van der Waals surface area (Å²) < 4.78 is 40.8. The fraction of sp³-hybridized carbons (Fsp3) is 0.364. The summed E-state index contributed by atoms with van der Waals surface area (Å²) >= 11 is 3.30. The second-order valence-electron chi connectivity index (χ2n) is 7.33. The molecule has 10 heteroatoms. The van der Waals surface area contributed by atoms with Crippen molar-refractivity contribution in [3.8, 4) is 0 Å². The van der Waals surface area contributed by atoms with Crippen LogP contribution in [0.5, 0.6) is 0 Å². The third-order valence-electron chi connectivity index (χ3n) is 4.79. The molecule has 174 valence electrons. The maximum Gasteiger partial charge on any atom is 0.244 e. The van der Waals surface area contributed by atoms with Crippen molar-refractivity contribution in [1.82, 2.24) is 10.2 Å². The highest BCUT2D eigenvalue weighted by Crippen LogP contribution is 2.23. The largest absolute Gasteiger partial charge is 0.354 e. The Balaban J connectivity index is 2.38. The molecule has 0 saturated heterocycles. The van der Waals surface area contributed by atoms with Crippen LogP contribution in [0.1, 0.15) is 25.8 Å². The highest BCUT2D eigenvalue weighted by Gasteiger charge is 2.30. The molecule has 0 aromatic heterocycles. The van der Waals surface area contributed by atoms with E-state index in [1.54, 1.807) is 30.3 Å². The number of hydrogen-bond donors (Lipinski definition) is 1. The van der Waals surface area contributed by atoms with Gasteiger partial charge in [0.2, 0.25) is 21.8 Å². The zero-order valence-corrected chi connectivity index (χ0v) is 20.6. The number of rotatable bonds is 10. The van der Waals surface area contributed by atoms with Crippen LogP contribution >= 0.6 is 15.9 Å². The molecule has 0 spiro atoms. The number of nitrogens with one attached hydrogen (secondary N) is 1. The standard InChI is InChI=1S/C22H27BrFN3O4S/c1-4-12-25-22(29)16(2)26(14-17-8-5-6-11-20(17)24)21(28)15-27(32(3,30)31)19-10-7-9-18(23)13-19/h5-11,13,16H,4,12,14-15H2,1-3H3,(H,25,29)/t16-/m0/s1. The van der Waals surface area contributed by atoms with Gasteiger partial charge in [-0.3, -0.25) is 13.9 Å². The molecule has 32 heavy (non-hydrogen) atoms. The van der Waals surface area contributed by atoms with Crippen LogP contribution in [0.2, 0.25) is 0 Å². The maximum atomic E-state index is 14.3. The molecule has 0 heterocycles. The smallest absolute Gasteiger partial charge is 0.244 e. The molecule has 1 atom stereocenters.